The molecule has 0 aromatic heterocycles. The summed E-state index contributed by atoms with van der Waals surface area (Å²) in [4.78, 5) is 0. The quantitative estimate of drug-likeness (QED) is 0.845. The number of rotatable bonds is 3. The average molecular weight is 229 g/mol. The van der Waals surface area contributed by atoms with E-state index in [1.165, 1.54) is 36.8 Å². The summed E-state index contributed by atoms with van der Waals surface area (Å²) in [7, 11) is 0. The van der Waals surface area contributed by atoms with Gasteiger partial charge in [0.1, 0.15) is 0 Å². The molecule has 2 saturated carbocycles. The van der Waals surface area contributed by atoms with Crippen molar-refractivity contribution in [3.05, 3.63) is 35.4 Å². The van der Waals surface area contributed by atoms with E-state index in [1.807, 2.05) is 0 Å². The SMILES string of the molecule is Cc1cccc(CC(N)C2C3CCCCC32)c1. The van der Waals surface area contributed by atoms with Crippen molar-refractivity contribution in [2.45, 2.75) is 45.1 Å². The van der Waals surface area contributed by atoms with Gasteiger partial charge in [0.15, 0.2) is 0 Å². The molecule has 2 aliphatic rings. The van der Waals surface area contributed by atoms with Crippen LogP contribution in [0.15, 0.2) is 24.3 Å². The molecule has 0 saturated heterocycles. The Morgan fingerprint density at radius 2 is 1.94 bits per heavy atom. The number of nitrogens with two attached hydrogens (primary N) is 1. The van der Waals surface area contributed by atoms with Gasteiger partial charge in [0.05, 0.1) is 0 Å². The molecule has 3 rings (SSSR count). The second-order valence-electron chi connectivity index (χ2n) is 6.05. The third-order valence-corrected chi connectivity index (χ3v) is 4.77. The molecule has 1 aromatic rings. The van der Waals surface area contributed by atoms with Crippen molar-refractivity contribution in [2.75, 3.05) is 0 Å². The summed E-state index contributed by atoms with van der Waals surface area (Å²) in [6, 6.07) is 9.21. The molecule has 1 nitrogen and oxygen atoms in total. The van der Waals surface area contributed by atoms with Crippen LogP contribution in [0.4, 0.5) is 0 Å². The normalized spacial score (nSPS) is 32.9. The van der Waals surface area contributed by atoms with Crippen molar-refractivity contribution in [3.63, 3.8) is 0 Å². The van der Waals surface area contributed by atoms with Crippen molar-refractivity contribution in [1.82, 2.24) is 0 Å². The smallest absolute Gasteiger partial charge is 0.0113 e. The van der Waals surface area contributed by atoms with Gasteiger partial charge in [-0.1, -0.05) is 42.7 Å². The molecule has 0 radical (unpaired) electrons. The third-order valence-electron chi connectivity index (χ3n) is 4.77. The Balaban J connectivity index is 1.62. The molecular weight excluding hydrogens is 206 g/mol. The minimum atomic E-state index is 0.393. The van der Waals surface area contributed by atoms with Gasteiger partial charge in [-0.2, -0.15) is 0 Å². The maximum atomic E-state index is 6.42. The first-order valence-electron chi connectivity index (χ1n) is 7.07. The zero-order valence-corrected chi connectivity index (χ0v) is 10.7. The zero-order chi connectivity index (χ0) is 11.8. The molecule has 0 aliphatic heterocycles. The van der Waals surface area contributed by atoms with E-state index in [9.17, 15) is 0 Å². The van der Waals surface area contributed by atoms with Crippen LogP contribution in [-0.4, -0.2) is 6.04 Å². The highest BCUT2D eigenvalue weighted by Gasteiger charge is 2.52. The van der Waals surface area contributed by atoms with Gasteiger partial charge < -0.3 is 5.73 Å². The standard InChI is InChI=1S/C16H23N/c1-11-5-4-6-12(9-11)10-15(17)16-13-7-2-3-8-14(13)16/h4-6,9,13-16H,2-3,7-8,10,17H2,1H3. The first-order valence-corrected chi connectivity index (χ1v) is 7.07. The molecule has 92 valence electrons. The van der Waals surface area contributed by atoms with Crippen molar-refractivity contribution in [1.29, 1.82) is 0 Å². The fourth-order valence-electron chi connectivity index (χ4n) is 3.93. The predicted octanol–water partition coefficient (Wildman–Crippen LogP) is 3.30. The molecule has 3 atom stereocenters. The maximum Gasteiger partial charge on any atom is 0.0113 e. The summed E-state index contributed by atoms with van der Waals surface area (Å²) in [5, 5.41) is 0. The highest BCUT2D eigenvalue weighted by atomic mass is 14.7. The second kappa shape index (κ2) is 4.45. The molecule has 17 heavy (non-hydrogen) atoms. The second-order valence-corrected chi connectivity index (χ2v) is 6.05. The molecule has 3 unspecified atom stereocenters. The summed E-state index contributed by atoms with van der Waals surface area (Å²) in [6.07, 6.45) is 6.83. The van der Waals surface area contributed by atoms with Gasteiger partial charge in [-0.3, -0.25) is 0 Å². The average Bonchev–Trinajstić information content (AvgIpc) is 3.03. The van der Waals surface area contributed by atoms with Crippen LogP contribution in [0.1, 0.15) is 36.8 Å². The van der Waals surface area contributed by atoms with Gasteiger partial charge in [-0.25, -0.2) is 0 Å². The summed E-state index contributed by atoms with van der Waals surface area (Å²) < 4.78 is 0. The topological polar surface area (TPSA) is 26.0 Å². The minimum absolute atomic E-state index is 0.393. The van der Waals surface area contributed by atoms with Gasteiger partial charge >= 0.3 is 0 Å². The molecule has 0 amide bonds. The predicted molar refractivity (Wildman–Crippen MR) is 71.8 cm³/mol. The van der Waals surface area contributed by atoms with Gasteiger partial charge in [0, 0.05) is 6.04 Å². The fourth-order valence-corrected chi connectivity index (χ4v) is 3.93. The van der Waals surface area contributed by atoms with E-state index in [-0.39, 0.29) is 0 Å². The van der Waals surface area contributed by atoms with Crippen molar-refractivity contribution in [3.8, 4) is 0 Å². The monoisotopic (exact) mass is 229 g/mol. The van der Waals surface area contributed by atoms with Crippen molar-refractivity contribution >= 4 is 0 Å². The molecule has 0 spiro atoms. The molecule has 2 fully saturated rings. The maximum absolute atomic E-state index is 6.42. The molecule has 2 N–H and O–H groups in total. The Morgan fingerprint density at radius 1 is 1.24 bits per heavy atom. The lowest BCUT2D eigenvalue weighted by molar-refractivity contribution is 0.480. The van der Waals surface area contributed by atoms with Crippen LogP contribution in [0.2, 0.25) is 0 Å². The van der Waals surface area contributed by atoms with Gasteiger partial charge in [0.2, 0.25) is 0 Å². The Kier molecular flexibility index (Phi) is 2.96. The van der Waals surface area contributed by atoms with E-state index in [0.29, 0.717) is 6.04 Å². The Hall–Kier alpha value is -0.820. The molecule has 1 heteroatoms. The zero-order valence-electron chi connectivity index (χ0n) is 10.7. The number of benzene rings is 1. The lowest BCUT2D eigenvalue weighted by Gasteiger charge is -2.12. The van der Waals surface area contributed by atoms with Crippen LogP contribution in [0.25, 0.3) is 0 Å². The van der Waals surface area contributed by atoms with E-state index >= 15 is 0 Å². The Labute approximate surface area is 104 Å². The third kappa shape index (κ3) is 2.26. The van der Waals surface area contributed by atoms with Crippen LogP contribution < -0.4 is 5.73 Å². The van der Waals surface area contributed by atoms with E-state index in [1.54, 1.807) is 0 Å². The fraction of sp³-hybridized carbons (Fsp3) is 0.625. The molecule has 1 aromatic carbocycles. The van der Waals surface area contributed by atoms with Crippen LogP contribution in [0.5, 0.6) is 0 Å². The minimum Gasteiger partial charge on any atom is -0.327 e. The number of fused-ring (bicyclic) bond motifs is 1. The highest BCUT2D eigenvalue weighted by molar-refractivity contribution is 5.23. The molecular formula is C16H23N. The van der Waals surface area contributed by atoms with Crippen LogP contribution in [0.3, 0.4) is 0 Å². The highest BCUT2D eigenvalue weighted by Crippen LogP contribution is 2.56. The molecule has 2 aliphatic carbocycles. The largest absolute Gasteiger partial charge is 0.327 e. The van der Waals surface area contributed by atoms with Crippen LogP contribution in [0, 0.1) is 24.7 Å². The Morgan fingerprint density at radius 3 is 2.59 bits per heavy atom. The van der Waals surface area contributed by atoms with E-state index in [0.717, 1.165) is 24.2 Å². The summed E-state index contributed by atoms with van der Waals surface area (Å²) in [6.45, 7) is 2.16. The van der Waals surface area contributed by atoms with Gasteiger partial charge in [-0.05, 0) is 49.5 Å². The van der Waals surface area contributed by atoms with Gasteiger partial charge in [0.25, 0.3) is 0 Å². The number of aryl methyl sites for hydroxylation is 1. The van der Waals surface area contributed by atoms with Crippen LogP contribution >= 0.6 is 0 Å². The summed E-state index contributed by atoms with van der Waals surface area (Å²) >= 11 is 0. The summed E-state index contributed by atoms with van der Waals surface area (Å²) in [5.74, 6) is 2.78. The van der Waals surface area contributed by atoms with E-state index < -0.39 is 0 Å². The lowest BCUT2D eigenvalue weighted by Crippen LogP contribution is -2.26. The molecule has 0 bridgehead atoms. The van der Waals surface area contributed by atoms with Crippen molar-refractivity contribution < 1.29 is 0 Å². The van der Waals surface area contributed by atoms with Crippen LogP contribution in [-0.2, 0) is 6.42 Å². The first kappa shape index (κ1) is 11.3. The van der Waals surface area contributed by atoms with E-state index in [2.05, 4.69) is 31.2 Å². The van der Waals surface area contributed by atoms with Crippen molar-refractivity contribution in [2.24, 2.45) is 23.5 Å². The lowest BCUT2D eigenvalue weighted by atomic mass is 9.99. The van der Waals surface area contributed by atoms with Gasteiger partial charge in [-0.15, -0.1) is 0 Å². The van der Waals surface area contributed by atoms with E-state index in [4.69, 9.17) is 5.73 Å². The number of hydrogen-bond donors (Lipinski definition) is 1. The first-order chi connectivity index (χ1) is 8.25. The molecule has 0 heterocycles. The Bertz CT molecular complexity index is 386. The summed E-state index contributed by atoms with van der Waals surface area (Å²) in [5.41, 5.74) is 9.19. The number of hydrogen-bond acceptors (Lipinski definition) is 1.